The minimum absolute atomic E-state index is 0.0881. The highest BCUT2D eigenvalue weighted by molar-refractivity contribution is 6.15. The van der Waals surface area contributed by atoms with Crippen LogP contribution in [0.5, 0.6) is 28.7 Å². The van der Waals surface area contributed by atoms with Gasteiger partial charge in [0.25, 0.3) is 0 Å². The summed E-state index contributed by atoms with van der Waals surface area (Å²) in [4.78, 5) is 14.7. The van der Waals surface area contributed by atoms with E-state index in [1.165, 1.54) is 27.4 Å². The van der Waals surface area contributed by atoms with Gasteiger partial charge < -0.3 is 29.0 Å². The Kier molecular flexibility index (Phi) is 5.46. The van der Waals surface area contributed by atoms with Gasteiger partial charge in [-0.1, -0.05) is 0 Å². The number of allylic oxidation sites excluding steroid dienone is 1. The first-order valence-electron chi connectivity index (χ1n) is 8.63. The van der Waals surface area contributed by atoms with E-state index in [1.54, 1.807) is 24.3 Å². The van der Waals surface area contributed by atoms with Gasteiger partial charge in [-0.15, -0.1) is 0 Å². The summed E-state index contributed by atoms with van der Waals surface area (Å²) in [5.74, 6) is 1.88. The number of aromatic hydroxyl groups is 1. The highest BCUT2D eigenvalue weighted by Gasteiger charge is 2.31. The van der Waals surface area contributed by atoms with Crippen LogP contribution in [0.1, 0.15) is 21.5 Å². The van der Waals surface area contributed by atoms with E-state index in [9.17, 15) is 9.90 Å². The topological polar surface area (TPSA) is 77.5 Å². The molecule has 148 valence electrons. The van der Waals surface area contributed by atoms with Crippen LogP contribution in [-0.4, -0.2) is 51.2 Å². The molecule has 1 N–H and O–H groups in total. The molecule has 0 aliphatic carbocycles. The molecule has 2 aromatic rings. The fraction of sp³-hybridized carbons (Fsp3) is 0.286. The Morgan fingerprint density at radius 3 is 2.29 bits per heavy atom. The van der Waals surface area contributed by atoms with Gasteiger partial charge >= 0.3 is 0 Å². The zero-order chi connectivity index (χ0) is 20.4. The van der Waals surface area contributed by atoms with Crippen molar-refractivity contribution >= 4 is 11.9 Å². The molecular weight excluding hydrogens is 362 g/mol. The van der Waals surface area contributed by atoms with Crippen molar-refractivity contribution in [2.45, 2.75) is 6.54 Å². The van der Waals surface area contributed by atoms with Gasteiger partial charge in [0.1, 0.15) is 17.2 Å². The van der Waals surface area contributed by atoms with Crippen LogP contribution in [0.2, 0.25) is 0 Å². The van der Waals surface area contributed by atoms with E-state index in [2.05, 4.69) is 0 Å². The van der Waals surface area contributed by atoms with E-state index >= 15 is 0 Å². The maximum Gasteiger partial charge on any atom is 0.231 e. The number of ketones is 1. The number of Topliss-reactive ketones (excluding diaryl/α,β-unsaturated/α-hetero) is 1. The number of phenols is 1. The van der Waals surface area contributed by atoms with E-state index in [0.717, 1.165) is 0 Å². The van der Waals surface area contributed by atoms with Gasteiger partial charge in [-0.3, -0.25) is 4.79 Å². The van der Waals surface area contributed by atoms with Gasteiger partial charge in [-0.2, -0.15) is 0 Å². The number of phenolic OH excluding ortho intramolecular Hbond substituents is 1. The lowest BCUT2D eigenvalue weighted by atomic mass is 10.0. The van der Waals surface area contributed by atoms with Crippen LogP contribution < -0.4 is 18.9 Å². The number of carbonyl (C=O) groups excluding carboxylic acids is 1. The monoisotopic (exact) mass is 385 g/mol. The molecule has 0 unspecified atom stereocenters. The number of rotatable bonds is 6. The number of benzene rings is 2. The van der Waals surface area contributed by atoms with E-state index < -0.39 is 0 Å². The minimum atomic E-state index is -0.258. The van der Waals surface area contributed by atoms with E-state index in [-0.39, 0.29) is 17.3 Å². The largest absolute Gasteiger partial charge is 0.507 e. The summed E-state index contributed by atoms with van der Waals surface area (Å²) < 4.78 is 21.9. The van der Waals surface area contributed by atoms with Crippen molar-refractivity contribution in [2.24, 2.45) is 0 Å². The molecule has 0 aromatic heterocycles. The van der Waals surface area contributed by atoms with Crippen molar-refractivity contribution in [1.82, 2.24) is 4.90 Å². The van der Waals surface area contributed by atoms with Crippen molar-refractivity contribution < 1.29 is 28.8 Å². The summed E-state index contributed by atoms with van der Waals surface area (Å²) in [6.45, 7) is 0.440. The Morgan fingerprint density at radius 1 is 1.04 bits per heavy atom. The second-order valence-corrected chi connectivity index (χ2v) is 6.57. The standard InChI is InChI=1S/C21H23NO6/c1-22(2)11-14-15(23)7-6-13-20(24)19(28-21(13)14)9-12-8-17(26-4)18(27-5)10-16(12)25-3/h6-10,23H,11H2,1-5H3. The highest BCUT2D eigenvalue weighted by atomic mass is 16.5. The van der Waals surface area contributed by atoms with Crippen LogP contribution in [0.3, 0.4) is 0 Å². The Labute approximate surface area is 163 Å². The van der Waals surface area contributed by atoms with E-state index in [1.807, 2.05) is 19.0 Å². The molecule has 28 heavy (non-hydrogen) atoms. The molecule has 1 heterocycles. The van der Waals surface area contributed by atoms with Gasteiger partial charge in [-0.05, 0) is 38.4 Å². The SMILES string of the molecule is COc1cc(OC)c(OC)cc1C=C1Oc2c(ccc(O)c2CN(C)C)C1=O. The second-order valence-electron chi connectivity index (χ2n) is 6.57. The third kappa shape index (κ3) is 3.48. The molecule has 0 saturated heterocycles. The molecule has 0 saturated carbocycles. The Bertz CT molecular complexity index is 948. The lowest BCUT2D eigenvalue weighted by Crippen LogP contribution is -2.11. The van der Waals surface area contributed by atoms with Gasteiger partial charge in [0.2, 0.25) is 5.78 Å². The molecule has 0 fully saturated rings. The predicted octanol–water partition coefficient (Wildman–Crippen LogP) is 3.10. The van der Waals surface area contributed by atoms with Crippen LogP contribution >= 0.6 is 0 Å². The quantitative estimate of drug-likeness (QED) is 0.766. The van der Waals surface area contributed by atoms with Crippen LogP contribution in [0, 0.1) is 0 Å². The summed E-state index contributed by atoms with van der Waals surface area (Å²) >= 11 is 0. The average molecular weight is 385 g/mol. The first-order chi connectivity index (χ1) is 13.4. The third-order valence-corrected chi connectivity index (χ3v) is 4.41. The molecule has 0 bridgehead atoms. The lowest BCUT2D eigenvalue weighted by molar-refractivity contribution is 0.101. The fourth-order valence-corrected chi connectivity index (χ4v) is 3.07. The van der Waals surface area contributed by atoms with Gasteiger partial charge in [0, 0.05) is 18.2 Å². The summed E-state index contributed by atoms with van der Waals surface area (Å²) in [5.41, 5.74) is 1.59. The Balaban J connectivity index is 2.06. The van der Waals surface area contributed by atoms with Crippen molar-refractivity contribution in [3.05, 3.63) is 46.7 Å². The maximum absolute atomic E-state index is 12.8. The summed E-state index contributed by atoms with van der Waals surface area (Å²) in [7, 11) is 8.35. The molecular formula is C21H23NO6. The summed E-state index contributed by atoms with van der Waals surface area (Å²) in [5, 5.41) is 10.2. The van der Waals surface area contributed by atoms with Crippen LogP contribution in [0.4, 0.5) is 0 Å². The molecule has 1 aliphatic heterocycles. The normalized spacial score (nSPS) is 14.2. The smallest absolute Gasteiger partial charge is 0.231 e. The van der Waals surface area contributed by atoms with Crippen molar-refractivity contribution in [3.63, 3.8) is 0 Å². The van der Waals surface area contributed by atoms with Crippen molar-refractivity contribution in [1.29, 1.82) is 0 Å². The zero-order valence-corrected chi connectivity index (χ0v) is 16.5. The number of nitrogens with zero attached hydrogens (tertiary/aromatic N) is 1. The fourth-order valence-electron chi connectivity index (χ4n) is 3.07. The van der Waals surface area contributed by atoms with Crippen LogP contribution in [-0.2, 0) is 6.54 Å². The number of hydrogen-bond acceptors (Lipinski definition) is 7. The molecule has 0 amide bonds. The predicted molar refractivity (Wildman–Crippen MR) is 105 cm³/mol. The molecule has 3 rings (SSSR count). The number of methoxy groups -OCH3 is 3. The van der Waals surface area contributed by atoms with Crippen LogP contribution in [0.15, 0.2) is 30.0 Å². The molecule has 1 aliphatic rings. The number of fused-ring (bicyclic) bond motifs is 1. The molecule has 0 atom stereocenters. The van der Waals surface area contributed by atoms with Crippen molar-refractivity contribution in [3.8, 4) is 28.7 Å². The third-order valence-electron chi connectivity index (χ3n) is 4.41. The molecule has 7 heteroatoms. The van der Waals surface area contributed by atoms with E-state index in [4.69, 9.17) is 18.9 Å². The average Bonchev–Trinajstić information content (AvgIpc) is 2.99. The van der Waals surface area contributed by atoms with Crippen molar-refractivity contribution in [2.75, 3.05) is 35.4 Å². The first-order valence-corrected chi connectivity index (χ1v) is 8.63. The first kappa shape index (κ1) is 19.6. The van der Waals surface area contributed by atoms with Gasteiger partial charge in [0.05, 0.1) is 32.5 Å². The van der Waals surface area contributed by atoms with Crippen LogP contribution in [0.25, 0.3) is 6.08 Å². The molecule has 0 radical (unpaired) electrons. The highest BCUT2D eigenvalue weighted by Crippen LogP contribution is 2.41. The molecule has 7 nitrogen and oxygen atoms in total. The summed E-state index contributed by atoms with van der Waals surface area (Å²) in [6.07, 6.45) is 1.60. The van der Waals surface area contributed by atoms with Gasteiger partial charge in [0.15, 0.2) is 17.3 Å². The maximum atomic E-state index is 12.8. The summed E-state index contributed by atoms with van der Waals surface area (Å²) in [6, 6.07) is 6.47. The minimum Gasteiger partial charge on any atom is -0.507 e. The Morgan fingerprint density at radius 2 is 1.68 bits per heavy atom. The molecule has 2 aromatic carbocycles. The number of ether oxygens (including phenoxy) is 4. The second kappa shape index (κ2) is 7.82. The molecule has 0 spiro atoms. The lowest BCUT2D eigenvalue weighted by Gasteiger charge is -2.14. The Hall–Kier alpha value is -3.19. The van der Waals surface area contributed by atoms with Gasteiger partial charge in [-0.25, -0.2) is 0 Å². The number of carbonyl (C=O) groups is 1. The number of hydrogen-bond donors (Lipinski definition) is 1. The zero-order valence-electron chi connectivity index (χ0n) is 16.5. The van der Waals surface area contributed by atoms with E-state index in [0.29, 0.717) is 46.2 Å².